The van der Waals surface area contributed by atoms with Gasteiger partial charge in [-0.05, 0) is 17.0 Å². The van der Waals surface area contributed by atoms with E-state index in [2.05, 4.69) is 43.0 Å². The fourth-order valence-electron chi connectivity index (χ4n) is 3.80. The van der Waals surface area contributed by atoms with Gasteiger partial charge >= 0.3 is 0 Å². The van der Waals surface area contributed by atoms with Crippen LogP contribution in [0.25, 0.3) is 0 Å². The molecule has 2 aromatic carbocycles. The lowest BCUT2D eigenvalue weighted by atomic mass is 9.90. The molecular weight excluding hydrogens is 390 g/mol. The molecule has 2 rings (SSSR count). The normalized spacial score (nSPS) is 15.0. The summed E-state index contributed by atoms with van der Waals surface area (Å²) >= 11 is 1.32. The van der Waals surface area contributed by atoms with Gasteiger partial charge in [0, 0.05) is 30.3 Å². The SMILES string of the molecule is CCC(C)[C@@H]([C@H](O)CC(=O)SC(C)(C)C)N(Cc1ccccc1)Cc1ccccc1. The van der Waals surface area contributed by atoms with Crippen molar-refractivity contribution in [1.29, 1.82) is 0 Å². The van der Waals surface area contributed by atoms with Crippen LogP contribution < -0.4 is 0 Å². The van der Waals surface area contributed by atoms with Crippen LogP contribution in [0.4, 0.5) is 0 Å². The summed E-state index contributed by atoms with van der Waals surface area (Å²) in [5.41, 5.74) is 2.42. The second-order valence-electron chi connectivity index (χ2n) is 9.11. The van der Waals surface area contributed by atoms with Gasteiger partial charge in [0.25, 0.3) is 0 Å². The number of carbonyl (C=O) groups is 1. The van der Waals surface area contributed by atoms with Gasteiger partial charge in [0.15, 0.2) is 5.12 Å². The van der Waals surface area contributed by atoms with Crippen molar-refractivity contribution in [2.45, 2.75) is 77.4 Å². The van der Waals surface area contributed by atoms with E-state index in [1.807, 2.05) is 57.2 Å². The first-order valence-corrected chi connectivity index (χ1v) is 11.7. The Balaban J connectivity index is 2.28. The number of carbonyl (C=O) groups excluding carboxylic acids is 1. The molecule has 0 spiro atoms. The third-order valence-electron chi connectivity index (χ3n) is 5.30. The van der Waals surface area contributed by atoms with Gasteiger partial charge in [-0.15, -0.1) is 0 Å². The lowest BCUT2D eigenvalue weighted by molar-refractivity contribution is -0.114. The number of benzene rings is 2. The number of thioether (sulfide) groups is 1. The largest absolute Gasteiger partial charge is 0.391 e. The van der Waals surface area contributed by atoms with E-state index in [4.69, 9.17) is 0 Å². The van der Waals surface area contributed by atoms with Gasteiger partial charge < -0.3 is 5.11 Å². The van der Waals surface area contributed by atoms with E-state index >= 15 is 0 Å². The molecule has 2 aromatic rings. The Morgan fingerprint density at radius 2 is 1.43 bits per heavy atom. The van der Waals surface area contributed by atoms with E-state index in [0.29, 0.717) is 0 Å². The van der Waals surface area contributed by atoms with Crippen molar-refractivity contribution in [3.63, 3.8) is 0 Å². The van der Waals surface area contributed by atoms with E-state index in [1.165, 1.54) is 22.9 Å². The smallest absolute Gasteiger partial charge is 0.192 e. The Morgan fingerprint density at radius 1 is 0.967 bits per heavy atom. The number of nitrogens with zero attached hydrogens (tertiary/aromatic N) is 1. The number of aliphatic hydroxyl groups is 1. The molecular formula is C26H37NO2S. The van der Waals surface area contributed by atoms with Crippen molar-refractivity contribution in [3.05, 3.63) is 71.8 Å². The van der Waals surface area contributed by atoms with Crippen molar-refractivity contribution >= 4 is 16.9 Å². The van der Waals surface area contributed by atoms with E-state index < -0.39 is 6.10 Å². The molecule has 0 bridgehead atoms. The van der Waals surface area contributed by atoms with Crippen molar-refractivity contribution in [2.75, 3.05) is 0 Å². The summed E-state index contributed by atoms with van der Waals surface area (Å²) in [7, 11) is 0. The van der Waals surface area contributed by atoms with Gasteiger partial charge in [0.1, 0.15) is 0 Å². The molecule has 0 amide bonds. The summed E-state index contributed by atoms with van der Waals surface area (Å²) in [4.78, 5) is 15.0. The van der Waals surface area contributed by atoms with Crippen LogP contribution in [0.1, 0.15) is 58.6 Å². The Labute approximate surface area is 186 Å². The van der Waals surface area contributed by atoms with Gasteiger partial charge in [-0.1, -0.05) is 113 Å². The summed E-state index contributed by atoms with van der Waals surface area (Å²) in [6, 6.07) is 20.6. The molecule has 0 radical (unpaired) electrons. The predicted molar refractivity (Wildman–Crippen MR) is 128 cm³/mol. The highest BCUT2D eigenvalue weighted by molar-refractivity contribution is 8.14. The van der Waals surface area contributed by atoms with Crippen LogP contribution >= 0.6 is 11.8 Å². The summed E-state index contributed by atoms with van der Waals surface area (Å²) in [5, 5.41) is 11.3. The summed E-state index contributed by atoms with van der Waals surface area (Å²) < 4.78 is -0.142. The molecule has 164 valence electrons. The predicted octanol–water partition coefficient (Wildman–Crippen LogP) is 5.91. The third-order valence-corrected chi connectivity index (χ3v) is 6.30. The zero-order chi connectivity index (χ0) is 22.1. The topological polar surface area (TPSA) is 40.5 Å². The van der Waals surface area contributed by atoms with Crippen molar-refractivity contribution in [2.24, 2.45) is 5.92 Å². The van der Waals surface area contributed by atoms with Crippen LogP contribution in [0.3, 0.4) is 0 Å². The monoisotopic (exact) mass is 427 g/mol. The van der Waals surface area contributed by atoms with Crippen molar-refractivity contribution in [3.8, 4) is 0 Å². The maximum atomic E-state index is 12.6. The molecule has 0 aromatic heterocycles. The highest BCUT2D eigenvalue weighted by atomic mass is 32.2. The van der Waals surface area contributed by atoms with E-state index in [1.54, 1.807) is 0 Å². The molecule has 0 aliphatic rings. The van der Waals surface area contributed by atoms with Crippen LogP contribution in [0.5, 0.6) is 0 Å². The fourth-order valence-corrected chi connectivity index (χ4v) is 4.74. The first-order valence-electron chi connectivity index (χ1n) is 10.9. The number of rotatable bonds is 10. The van der Waals surface area contributed by atoms with E-state index in [-0.39, 0.29) is 28.2 Å². The van der Waals surface area contributed by atoms with Gasteiger partial charge in [0.2, 0.25) is 0 Å². The lowest BCUT2D eigenvalue weighted by Crippen LogP contribution is -2.47. The average Bonchev–Trinajstić information content (AvgIpc) is 2.68. The first kappa shape index (κ1) is 24.6. The van der Waals surface area contributed by atoms with Gasteiger partial charge in [-0.3, -0.25) is 9.69 Å². The highest BCUT2D eigenvalue weighted by Gasteiger charge is 2.32. The molecule has 0 fully saturated rings. The fraction of sp³-hybridized carbons (Fsp3) is 0.500. The zero-order valence-electron chi connectivity index (χ0n) is 19.0. The minimum absolute atomic E-state index is 0.0580. The minimum Gasteiger partial charge on any atom is -0.391 e. The standard InChI is InChI=1S/C26H37NO2S/c1-6-20(2)25(23(28)17-24(29)30-26(3,4)5)27(18-21-13-9-7-10-14-21)19-22-15-11-8-12-16-22/h7-16,20,23,25,28H,6,17-19H2,1-5H3/t20?,23-,25+/m1/s1. The second kappa shape index (κ2) is 11.7. The minimum atomic E-state index is -0.699. The van der Waals surface area contributed by atoms with E-state index in [9.17, 15) is 9.90 Å². The Bertz CT molecular complexity index is 716. The molecule has 0 saturated heterocycles. The summed E-state index contributed by atoms with van der Waals surface area (Å²) in [6.45, 7) is 11.9. The number of aliphatic hydroxyl groups excluding tert-OH is 1. The maximum absolute atomic E-state index is 12.6. The van der Waals surface area contributed by atoms with Crippen LogP contribution in [0.2, 0.25) is 0 Å². The number of hydrogen-bond donors (Lipinski definition) is 1. The number of hydrogen-bond acceptors (Lipinski definition) is 4. The first-order chi connectivity index (χ1) is 14.2. The van der Waals surface area contributed by atoms with Crippen LogP contribution in [-0.4, -0.2) is 32.0 Å². The van der Waals surface area contributed by atoms with Gasteiger partial charge in [-0.2, -0.15) is 0 Å². The molecule has 4 heteroatoms. The molecule has 30 heavy (non-hydrogen) atoms. The van der Waals surface area contributed by atoms with Crippen molar-refractivity contribution in [1.82, 2.24) is 4.90 Å². The quantitative estimate of drug-likeness (QED) is 0.511. The third kappa shape index (κ3) is 8.25. The summed E-state index contributed by atoms with van der Waals surface area (Å²) in [5.74, 6) is 0.264. The summed E-state index contributed by atoms with van der Waals surface area (Å²) in [6.07, 6.45) is 0.425. The Hall–Kier alpha value is -1.62. The highest BCUT2D eigenvalue weighted by Crippen LogP contribution is 2.29. The van der Waals surface area contributed by atoms with Gasteiger partial charge in [0.05, 0.1) is 6.10 Å². The van der Waals surface area contributed by atoms with E-state index in [0.717, 1.165) is 19.5 Å². The molecule has 0 aliphatic heterocycles. The molecule has 1 unspecified atom stereocenters. The molecule has 3 nitrogen and oxygen atoms in total. The maximum Gasteiger partial charge on any atom is 0.192 e. The molecule has 0 heterocycles. The Morgan fingerprint density at radius 3 is 1.83 bits per heavy atom. The van der Waals surface area contributed by atoms with Crippen LogP contribution in [-0.2, 0) is 17.9 Å². The van der Waals surface area contributed by atoms with Crippen LogP contribution in [0.15, 0.2) is 60.7 Å². The average molecular weight is 428 g/mol. The van der Waals surface area contributed by atoms with Gasteiger partial charge in [-0.25, -0.2) is 0 Å². The molecule has 1 N–H and O–H groups in total. The van der Waals surface area contributed by atoms with Crippen LogP contribution in [0, 0.1) is 5.92 Å². The molecule has 3 atom stereocenters. The lowest BCUT2D eigenvalue weighted by Gasteiger charge is -2.39. The second-order valence-corrected chi connectivity index (χ2v) is 11.0. The van der Waals surface area contributed by atoms with Crippen molar-refractivity contribution < 1.29 is 9.90 Å². The zero-order valence-corrected chi connectivity index (χ0v) is 19.9. The molecule has 0 saturated carbocycles. The Kier molecular flexibility index (Phi) is 9.60. The molecule has 0 aliphatic carbocycles.